The summed E-state index contributed by atoms with van der Waals surface area (Å²) in [5, 5.41) is 9.22. The zero-order chi connectivity index (χ0) is 13.2. The van der Waals surface area contributed by atoms with Crippen molar-refractivity contribution in [3.8, 4) is 0 Å². The van der Waals surface area contributed by atoms with Crippen molar-refractivity contribution in [1.29, 1.82) is 0 Å². The largest absolute Gasteiger partial charge is 0.351 e. The molecule has 1 aliphatic carbocycles. The van der Waals surface area contributed by atoms with Gasteiger partial charge in [-0.05, 0) is 0 Å². The third-order valence-electron chi connectivity index (χ3n) is 2.90. The summed E-state index contributed by atoms with van der Waals surface area (Å²) < 4.78 is 0. The summed E-state index contributed by atoms with van der Waals surface area (Å²) in [5.41, 5.74) is 1.14. The number of aromatic amines is 1. The van der Waals surface area contributed by atoms with Crippen molar-refractivity contribution in [2.75, 3.05) is 11.9 Å². The number of aromatic nitrogens is 3. The number of fused-ring (bicyclic) bond motifs is 1. The molecule has 0 saturated carbocycles. The fourth-order valence-electron chi connectivity index (χ4n) is 2.00. The fourth-order valence-corrected chi connectivity index (χ4v) is 2.00. The highest BCUT2D eigenvalue weighted by Crippen LogP contribution is 2.25. The molecule has 1 aliphatic rings. The number of carbonyl (C=O) groups is 2. The summed E-state index contributed by atoms with van der Waals surface area (Å²) in [4.78, 5) is 28.0. The predicted octanol–water partition coefficient (Wildman–Crippen LogP) is 1.22. The normalized spacial score (nSPS) is 13.6. The number of nitrogens with one attached hydrogen (secondary N) is 2. The van der Waals surface area contributed by atoms with Crippen LogP contribution < -0.4 is 5.32 Å². The molecule has 0 fully saturated rings. The Labute approximate surface area is 108 Å². The van der Waals surface area contributed by atoms with E-state index in [9.17, 15) is 9.59 Å². The van der Waals surface area contributed by atoms with Gasteiger partial charge >= 0.3 is 0 Å². The molecule has 3 rings (SSSR count). The molecule has 0 atom stereocenters. The summed E-state index contributed by atoms with van der Waals surface area (Å²) in [6.45, 7) is 0.329. The number of nitrogens with zero attached hydrogens (tertiary/aromatic N) is 2. The van der Waals surface area contributed by atoms with E-state index in [1.807, 2.05) is 0 Å². The van der Waals surface area contributed by atoms with Crippen LogP contribution in [-0.4, -0.2) is 33.3 Å². The van der Waals surface area contributed by atoms with E-state index in [2.05, 4.69) is 20.5 Å². The van der Waals surface area contributed by atoms with Crippen LogP contribution in [0.2, 0.25) is 0 Å². The number of anilines is 1. The lowest BCUT2D eigenvalue weighted by molar-refractivity contribution is 0.0988. The summed E-state index contributed by atoms with van der Waals surface area (Å²) >= 11 is 0. The van der Waals surface area contributed by atoms with Crippen LogP contribution in [-0.2, 0) is 0 Å². The molecule has 6 heteroatoms. The Morgan fingerprint density at radius 2 is 1.84 bits per heavy atom. The van der Waals surface area contributed by atoms with Crippen LogP contribution in [0.5, 0.6) is 0 Å². The molecule has 2 aromatic rings. The van der Waals surface area contributed by atoms with E-state index >= 15 is 0 Å². The molecule has 0 radical (unpaired) electrons. The summed E-state index contributed by atoms with van der Waals surface area (Å²) in [6, 6.07) is 6.83. The molecule has 1 aromatic heterocycles. The number of allylic oxidation sites excluding steroid dienone is 1. The van der Waals surface area contributed by atoms with Crippen molar-refractivity contribution >= 4 is 17.5 Å². The number of hydrogen-bond acceptors (Lipinski definition) is 5. The second-order valence-corrected chi connectivity index (χ2v) is 4.04. The molecule has 94 valence electrons. The van der Waals surface area contributed by atoms with Crippen LogP contribution >= 0.6 is 0 Å². The fraction of sp³-hybridized carbons (Fsp3) is 0.0769. The monoisotopic (exact) mass is 254 g/mol. The second-order valence-electron chi connectivity index (χ2n) is 4.04. The molecule has 0 saturated heterocycles. The highest BCUT2D eigenvalue weighted by Gasteiger charge is 2.32. The lowest BCUT2D eigenvalue weighted by Crippen LogP contribution is -2.06. The predicted molar refractivity (Wildman–Crippen MR) is 68.1 cm³/mol. The van der Waals surface area contributed by atoms with Crippen molar-refractivity contribution in [3.63, 3.8) is 0 Å². The molecule has 1 aromatic carbocycles. The van der Waals surface area contributed by atoms with Crippen LogP contribution in [0, 0.1) is 0 Å². The van der Waals surface area contributed by atoms with Gasteiger partial charge in [0.05, 0.1) is 5.57 Å². The lowest BCUT2D eigenvalue weighted by Gasteiger charge is -1.97. The zero-order valence-electron chi connectivity index (χ0n) is 9.88. The number of carbonyl (C=O) groups excluding carboxylic acids is 2. The van der Waals surface area contributed by atoms with Gasteiger partial charge < -0.3 is 5.32 Å². The van der Waals surface area contributed by atoms with Crippen LogP contribution in [0.1, 0.15) is 20.7 Å². The zero-order valence-corrected chi connectivity index (χ0v) is 9.88. The molecule has 2 N–H and O–H groups in total. The third kappa shape index (κ3) is 1.93. The van der Waals surface area contributed by atoms with E-state index in [1.165, 1.54) is 6.33 Å². The van der Waals surface area contributed by atoms with Gasteiger partial charge in [0, 0.05) is 17.7 Å². The SMILES string of the molecule is O=C1C(=CCNc2ncn[nH]2)C(=O)c2ccccc21. The average Bonchev–Trinajstić information content (AvgIpc) is 3.02. The first-order valence-corrected chi connectivity index (χ1v) is 5.75. The van der Waals surface area contributed by atoms with Crippen molar-refractivity contribution in [3.05, 3.63) is 53.4 Å². The van der Waals surface area contributed by atoms with E-state index in [4.69, 9.17) is 0 Å². The van der Waals surface area contributed by atoms with E-state index in [0.717, 1.165) is 0 Å². The molecule has 1 heterocycles. The van der Waals surface area contributed by atoms with E-state index in [-0.39, 0.29) is 17.1 Å². The van der Waals surface area contributed by atoms with Gasteiger partial charge in [0.25, 0.3) is 0 Å². The Morgan fingerprint density at radius 1 is 1.16 bits per heavy atom. The molecule has 0 amide bonds. The first kappa shape index (κ1) is 11.3. The van der Waals surface area contributed by atoms with Crippen LogP contribution in [0.15, 0.2) is 42.2 Å². The Balaban J connectivity index is 1.80. The van der Waals surface area contributed by atoms with Gasteiger partial charge in [-0.2, -0.15) is 5.10 Å². The summed E-state index contributed by atoms with van der Waals surface area (Å²) in [5.74, 6) is 0.0483. The number of hydrogen-bond donors (Lipinski definition) is 2. The Bertz CT molecular complexity index is 637. The molecular weight excluding hydrogens is 244 g/mol. The van der Waals surface area contributed by atoms with E-state index < -0.39 is 0 Å². The van der Waals surface area contributed by atoms with Crippen LogP contribution in [0.25, 0.3) is 0 Å². The molecule has 0 spiro atoms. The van der Waals surface area contributed by atoms with Crippen molar-refractivity contribution in [1.82, 2.24) is 15.2 Å². The highest BCUT2D eigenvalue weighted by atomic mass is 16.2. The standard InChI is InChI=1S/C13H10N4O2/c18-11-8-3-1-2-4-9(8)12(19)10(11)5-6-14-13-15-7-16-17-13/h1-5,7H,6H2,(H2,14,15,16,17). The minimum absolute atomic E-state index is 0.202. The highest BCUT2D eigenvalue weighted by molar-refractivity contribution is 6.39. The van der Waals surface area contributed by atoms with Gasteiger partial charge in [-0.3, -0.25) is 9.59 Å². The number of benzene rings is 1. The number of ketones is 2. The molecular formula is C13H10N4O2. The van der Waals surface area contributed by atoms with Gasteiger partial charge in [0.2, 0.25) is 5.95 Å². The lowest BCUT2D eigenvalue weighted by atomic mass is 10.1. The minimum atomic E-state index is -0.222. The molecule has 6 nitrogen and oxygen atoms in total. The third-order valence-corrected chi connectivity index (χ3v) is 2.90. The van der Waals surface area contributed by atoms with Crippen molar-refractivity contribution in [2.24, 2.45) is 0 Å². The van der Waals surface area contributed by atoms with E-state index in [1.54, 1.807) is 30.3 Å². The Morgan fingerprint density at radius 3 is 2.42 bits per heavy atom. The van der Waals surface area contributed by atoms with Gasteiger partial charge in [0.15, 0.2) is 11.6 Å². The van der Waals surface area contributed by atoms with Crippen molar-refractivity contribution in [2.45, 2.75) is 0 Å². The molecule has 19 heavy (non-hydrogen) atoms. The van der Waals surface area contributed by atoms with Crippen molar-refractivity contribution < 1.29 is 9.59 Å². The Hall–Kier alpha value is -2.76. The van der Waals surface area contributed by atoms with Gasteiger partial charge in [0.1, 0.15) is 6.33 Å². The molecule has 0 unspecified atom stereocenters. The Kier molecular flexibility index (Phi) is 2.68. The first-order chi connectivity index (χ1) is 9.27. The minimum Gasteiger partial charge on any atom is -0.351 e. The summed E-state index contributed by atoms with van der Waals surface area (Å²) in [7, 11) is 0. The van der Waals surface area contributed by atoms with Gasteiger partial charge in [-0.1, -0.05) is 30.3 Å². The number of H-pyrrole nitrogens is 1. The molecule has 0 bridgehead atoms. The smallest absolute Gasteiger partial charge is 0.218 e. The average molecular weight is 254 g/mol. The quantitative estimate of drug-likeness (QED) is 0.635. The van der Waals surface area contributed by atoms with Gasteiger partial charge in [-0.15, -0.1) is 0 Å². The number of Topliss-reactive ketones (excluding diaryl/α,β-unsaturated/α-hetero) is 2. The summed E-state index contributed by atoms with van der Waals surface area (Å²) in [6.07, 6.45) is 2.95. The maximum absolute atomic E-state index is 12.0. The first-order valence-electron chi connectivity index (χ1n) is 5.75. The maximum atomic E-state index is 12.0. The second kappa shape index (κ2) is 4.49. The van der Waals surface area contributed by atoms with E-state index in [0.29, 0.717) is 23.6 Å². The van der Waals surface area contributed by atoms with Gasteiger partial charge in [-0.25, -0.2) is 10.1 Å². The maximum Gasteiger partial charge on any atom is 0.218 e. The topological polar surface area (TPSA) is 87.7 Å². The molecule has 0 aliphatic heterocycles. The van der Waals surface area contributed by atoms with Crippen LogP contribution in [0.4, 0.5) is 5.95 Å². The van der Waals surface area contributed by atoms with Crippen LogP contribution in [0.3, 0.4) is 0 Å². The number of rotatable bonds is 3.